The molecule has 1 aromatic heterocycles. The molecule has 0 saturated carbocycles. The van der Waals surface area contributed by atoms with Gasteiger partial charge in [-0.1, -0.05) is 0 Å². The van der Waals surface area contributed by atoms with E-state index in [2.05, 4.69) is 9.97 Å². The Morgan fingerprint density at radius 2 is 2.35 bits per heavy atom. The van der Waals surface area contributed by atoms with E-state index in [9.17, 15) is 17.8 Å². The first-order valence-corrected chi connectivity index (χ1v) is 6.36. The number of imidazole rings is 1. The Morgan fingerprint density at radius 1 is 1.65 bits per heavy atom. The maximum Gasteiger partial charge on any atom is 0.316 e. The molecule has 1 aliphatic rings. The van der Waals surface area contributed by atoms with Gasteiger partial charge in [-0.2, -0.15) is 8.42 Å². The summed E-state index contributed by atoms with van der Waals surface area (Å²) >= 11 is 0. The Balaban J connectivity index is 2.64. The molecule has 8 nitrogen and oxygen atoms in total. The van der Waals surface area contributed by atoms with E-state index in [0.29, 0.717) is 6.42 Å². The fraction of sp³-hybridized carbons (Fsp3) is 0.500. The van der Waals surface area contributed by atoms with Crippen molar-refractivity contribution in [1.82, 2.24) is 14.9 Å². The molecule has 1 fully saturated rings. The summed E-state index contributed by atoms with van der Waals surface area (Å²) in [6.45, 7) is 0.175. The largest absolute Gasteiger partial charge is 0.351 e. The van der Waals surface area contributed by atoms with Gasteiger partial charge < -0.3 is 10.7 Å². The van der Waals surface area contributed by atoms with Crippen LogP contribution in [0, 0.1) is 0 Å². The molecule has 1 atom stereocenters. The minimum Gasteiger partial charge on any atom is -0.351 e. The predicted octanol–water partition coefficient (Wildman–Crippen LogP) is -0.375. The highest BCUT2D eigenvalue weighted by atomic mass is 32.2. The summed E-state index contributed by atoms with van der Waals surface area (Å²) in [7, 11) is -4.53. The van der Waals surface area contributed by atoms with Crippen LogP contribution in [0.3, 0.4) is 0 Å². The Hall–Kier alpha value is -1.61. The fourth-order valence-electron chi connectivity index (χ4n) is 2.24. The number of urea groups is 1. The minimum atomic E-state index is -4.53. The van der Waals surface area contributed by atoms with Crippen LogP contribution in [0.15, 0.2) is 12.5 Å². The number of carbonyl (C=O) groups is 1. The third-order valence-corrected chi connectivity index (χ3v) is 4.44. The summed E-state index contributed by atoms with van der Waals surface area (Å²) in [5, 5.41) is 0. The average molecular weight is 260 g/mol. The van der Waals surface area contributed by atoms with Crippen LogP contribution in [0.25, 0.3) is 0 Å². The molecule has 94 valence electrons. The van der Waals surface area contributed by atoms with Gasteiger partial charge in [0.25, 0.3) is 10.1 Å². The molecular formula is C8H12N4O4S. The standard InChI is InChI=1S/C8H12N4O4S/c9-7(13)12-3-1-2-8(12,17(14,15)16)6-4-10-5-11-6/h4-5H,1-3H2,(H2,9,13)(H,10,11)(H,14,15,16). The average Bonchev–Trinajstić information content (AvgIpc) is 2.85. The highest BCUT2D eigenvalue weighted by molar-refractivity contribution is 7.86. The number of H-pyrrole nitrogens is 1. The van der Waals surface area contributed by atoms with E-state index in [4.69, 9.17) is 5.73 Å². The first-order valence-electron chi connectivity index (χ1n) is 4.92. The van der Waals surface area contributed by atoms with Crippen molar-refractivity contribution in [2.45, 2.75) is 17.7 Å². The van der Waals surface area contributed by atoms with Crippen LogP contribution in [-0.2, 0) is 15.0 Å². The Kier molecular flexibility index (Phi) is 2.59. The van der Waals surface area contributed by atoms with Gasteiger partial charge in [-0.15, -0.1) is 0 Å². The molecule has 1 aromatic rings. The lowest BCUT2D eigenvalue weighted by Crippen LogP contribution is -2.52. The quantitative estimate of drug-likeness (QED) is 0.624. The number of hydrogen-bond donors (Lipinski definition) is 3. The van der Waals surface area contributed by atoms with Crippen LogP contribution in [0.2, 0.25) is 0 Å². The molecule has 1 aliphatic heterocycles. The summed E-state index contributed by atoms with van der Waals surface area (Å²) < 4.78 is 32.7. The second kappa shape index (κ2) is 3.70. The van der Waals surface area contributed by atoms with Crippen LogP contribution < -0.4 is 5.73 Å². The van der Waals surface area contributed by atoms with Gasteiger partial charge in [-0.3, -0.25) is 9.45 Å². The van der Waals surface area contributed by atoms with Crippen molar-refractivity contribution in [1.29, 1.82) is 0 Å². The highest BCUT2D eigenvalue weighted by Gasteiger charge is 2.55. The van der Waals surface area contributed by atoms with Crippen molar-refractivity contribution in [3.8, 4) is 0 Å². The van der Waals surface area contributed by atoms with E-state index in [-0.39, 0.29) is 18.7 Å². The van der Waals surface area contributed by atoms with Crippen LogP contribution in [0.1, 0.15) is 18.5 Å². The number of carbonyl (C=O) groups excluding carboxylic acids is 1. The van der Waals surface area contributed by atoms with Crippen molar-refractivity contribution in [3.05, 3.63) is 18.2 Å². The van der Waals surface area contributed by atoms with Crippen molar-refractivity contribution >= 4 is 16.1 Å². The third-order valence-electron chi connectivity index (χ3n) is 2.95. The number of nitrogens with one attached hydrogen (secondary N) is 1. The maximum atomic E-state index is 11.6. The molecule has 0 spiro atoms. The number of aromatic nitrogens is 2. The first kappa shape index (κ1) is 11.9. The molecule has 0 radical (unpaired) electrons. The fourth-order valence-corrected chi connectivity index (χ4v) is 3.49. The molecule has 0 aliphatic carbocycles. The van der Waals surface area contributed by atoms with Gasteiger partial charge in [0.05, 0.1) is 18.2 Å². The summed E-state index contributed by atoms with van der Waals surface area (Å²) in [6, 6.07) is -0.894. The smallest absolute Gasteiger partial charge is 0.316 e. The van der Waals surface area contributed by atoms with Gasteiger partial charge in [0.1, 0.15) is 0 Å². The van der Waals surface area contributed by atoms with Crippen molar-refractivity contribution < 1.29 is 17.8 Å². The number of likely N-dealkylation sites (tertiary alicyclic amines) is 1. The Bertz CT molecular complexity index is 526. The van der Waals surface area contributed by atoms with E-state index in [1.54, 1.807) is 0 Å². The second-order valence-corrected chi connectivity index (χ2v) is 5.44. The van der Waals surface area contributed by atoms with Gasteiger partial charge in [-0.05, 0) is 12.8 Å². The molecule has 0 aromatic carbocycles. The van der Waals surface area contributed by atoms with Crippen molar-refractivity contribution in [2.75, 3.05) is 6.54 Å². The normalized spacial score (nSPS) is 25.1. The number of nitrogens with zero attached hydrogens (tertiary/aromatic N) is 2. The Morgan fingerprint density at radius 3 is 2.82 bits per heavy atom. The van der Waals surface area contributed by atoms with E-state index < -0.39 is 21.0 Å². The molecule has 4 N–H and O–H groups in total. The predicted molar refractivity (Wildman–Crippen MR) is 57.3 cm³/mol. The molecular weight excluding hydrogens is 248 g/mol. The topological polar surface area (TPSA) is 129 Å². The summed E-state index contributed by atoms with van der Waals surface area (Å²) in [5.74, 6) is 0. The van der Waals surface area contributed by atoms with Gasteiger partial charge in [0, 0.05) is 6.54 Å². The first-order chi connectivity index (χ1) is 7.89. The zero-order valence-corrected chi connectivity index (χ0v) is 9.64. The summed E-state index contributed by atoms with van der Waals surface area (Å²) in [5.41, 5.74) is 5.29. The molecule has 1 saturated heterocycles. The molecule has 17 heavy (non-hydrogen) atoms. The van der Waals surface area contributed by atoms with E-state index in [1.165, 1.54) is 12.5 Å². The number of hydrogen-bond acceptors (Lipinski definition) is 4. The lowest BCUT2D eigenvalue weighted by molar-refractivity contribution is 0.183. The zero-order chi connectivity index (χ0) is 12.7. The van der Waals surface area contributed by atoms with E-state index in [1.807, 2.05) is 0 Å². The summed E-state index contributed by atoms with van der Waals surface area (Å²) in [6.07, 6.45) is 3.05. The second-order valence-electron chi connectivity index (χ2n) is 3.82. The van der Waals surface area contributed by atoms with E-state index >= 15 is 0 Å². The molecule has 2 amide bonds. The van der Waals surface area contributed by atoms with E-state index in [0.717, 1.165) is 4.90 Å². The van der Waals surface area contributed by atoms with Crippen molar-refractivity contribution in [2.24, 2.45) is 5.73 Å². The minimum absolute atomic E-state index is 0.0803. The van der Waals surface area contributed by atoms with Crippen LogP contribution in [0.5, 0.6) is 0 Å². The molecule has 1 unspecified atom stereocenters. The van der Waals surface area contributed by atoms with Gasteiger partial charge >= 0.3 is 6.03 Å². The SMILES string of the molecule is NC(=O)N1CCCC1(c1cnc[nH]1)S(=O)(=O)O. The number of rotatable bonds is 2. The number of amides is 2. The van der Waals surface area contributed by atoms with Crippen LogP contribution in [0.4, 0.5) is 4.79 Å². The lowest BCUT2D eigenvalue weighted by atomic mass is 10.1. The van der Waals surface area contributed by atoms with Crippen LogP contribution >= 0.6 is 0 Å². The zero-order valence-electron chi connectivity index (χ0n) is 8.83. The molecule has 9 heteroatoms. The monoisotopic (exact) mass is 260 g/mol. The van der Waals surface area contributed by atoms with Crippen LogP contribution in [-0.4, -0.2) is 40.4 Å². The van der Waals surface area contributed by atoms with Gasteiger partial charge in [0.15, 0.2) is 0 Å². The molecule has 2 heterocycles. The number of aromatic amines is 1. The maximum absolute atomic E-state index is 11.6. The molecule has 2 rings (SSSR count). The van der Waals surface area contributed by atoms with Crippen molar-refractivity contribution in [3.63, 3.8) is 0 Å². The highest BCUT2D eigenvalue weighted by Crippen LogP contribution is 2.41. The Labute approximate surface area is 97.6 Å². The summed E-state index contributed by atoms with van der Waals surface area (Å²) in [4.78, 5) is 16.7. The number of nitrogens with two attached hydrogens (primary N) is 1. The van der Waals surface area contributed by atoms with Gasteiger partial charge in [0.2, 0.25) is 4.87 Å². The van der Waals surface area contributed by atoms with Gasteiger partial charge in [-0.25, -0.2) is 9.78 Å². The third kappa shape index (κ3) is 1.58. The molecule has 0 bridgehead atoms. The lowest BCUT2D eigenvalue weighted by Gasteiger charge is -2.33. The number of primary amides is 1.